The number of hydrogen-bond donors (Lipinski definition) is 2. The van der Waals surface area contributed by atoms with Gasteiger partial charge in [-0.3, -0.25) is 4.79 Å². The molecule has 0 fully saturated rings. The second kappa shape index (κ2) is 8.18. The molecule has 160 valence electrons. The van der Waals surface area contributed by atoms with Crippen molar-refractivity contribution < 1.29 is 13.2 Å². The molecule has 0 bridgehead atoms. The molecule has 0 aliphatic rings. The summed E-state index contributed by atoms with van der Waals surface area (Å²) < 4.78 is 26.6. The molecule has 0 saturated heterocycles. The lowest BCUT2D eigenvalue weighted by Crippen LogP contribution is -2.31. The number of rotatable bonds is 6. The van der Waals surface area contributed by atoms with Gasteiger partial charge in [0.2, 0.25) is 10.0 Å². The minimum absolute atomic E-state index is 0.177. The van der Waals surface area contributed by atoms with E-state index in [2.05, 4.69) is 15.0 Å². The Balaban J connectivity index is 1.85. The van der Waals surface area contributed by atoms with Crippen molar-refractivity contribution in [3.05, 3.63) is 54.1 Å². The number of fused-ring (bicyclic) bond motifs is 4. The number of aromatic nitrogens is 2. The average molecular weight is 438 g/mol. The van der Waals surface area contributed by atoms with Crippen molar-refractivity contribution in [3.8, 4) is 0 Å². The molecular weight excluding hydrogens is 414 g/mol. The van der Waals surface area contributed by atoms with Crippen LogP contribution in [-0.4, -0.2) is 63.4 Å². The monoisotopic (exact) mass is 437 g/mol. The Bertz CT molecular complexity index is 1420. The number of likely N-dealkylation sites (N-methyl/N-ethyl adjacent to an activating group) is 1. The Labute approximate surface area is 180 Å². The standard InChI is InChI=1S/C22H23N5O3S/c1-23-31(29,30)15-8-9-16-14(13-15)7-10-19-20(16)26-21-17(5-4-6-18(21)25-19)22(28)24-11-12-27(2)3/h4-10,13,23H,11-12H2,1-3H3,(H,24,28). The van der Waals surface area contributed by atoms with Gasteiger partial charge in [0.25, 0.3) is 5.91 Å². The van der Waals surface area contributed by atoms with Crippen molar-refractivity contribution in [2.75, 3.05) is 34.2 Å². The van der Waals surface area contributed by atoms with Crippen LogP contribution in [0.4, 0.5) is 0 Å². The molecule has 1 heterocycles. The summed E-state index contributed by atoms with van der Waals surface area (Å²) in [5.41, 5.74) is 2.89. The number of carbonyl (C=O) groups excluding carboxylic acids is 1. The van der Waals surface area contributed by atoms with E-state index in [0.717, 1.165) is 17.3 Å². The first-order valence-electron chi connectivity index (χ1n) is 9.80. The summed E-state index contributed by atoms with van der Waals surface area (Å²) in [5.74, 6) is -0.205. The summed E-state index contributed by atoms with van der Waals surface area (Å²) in [6.07, 6.45) is 0. The van der Waals surface area contributed by atoms with Crippen molar-refractivity contribution in [1.82, 2.24) is 24.9 Å². The van der Waals surface area contributed by atoms with Gasteiger partial charge in [0, 0.05) is 18.5 Å². The average Bonchev–Trinajstić information content (AvgIpc) is 2.76. The summed E-state index contributed by atoms with van der Waals surface area (Å²) in [6, 6.07) is 13.9. The van der Waals surface area contributed by atoms with Gasteiger partial charge in [0.1, 0.15) is 5.52 Å². The number of para-hydroxylation sites is 1. The number of sulfonamides is 1. The summed E-state index contributed by atoms with van der Waals surface area (Å²) in [6.45, 7) is 1.25. The molecule has 1 aromatic heterocycles. The van der Waals surface area contributed by atoms with E-state index in [1.54, 1.807) is 30.3 Å². The van der Waals surface area contributed by atoms with Crippen LogP contribution in [0.5, 0.6) is 0 Å². The third kappa shape index (κ3) is 4.07. The second-order valence-electron chi connectivity index (χ2n) is 7.48. The van der Waals surface area contributed by atoms with Gasteiger partial charge in [-0.05, 0) is 56.9 Å². The lowest BCUT2D eigenvalue weighted by molar-refractivity contribution is 0.0952. The first-order valence-corrected chi connectivity index (χ1v) is 11.3. The first-order chi connectivity index (χ1) is 14.8. The fraction of sp³-hybridized carbons (Fsp3) is 0.227. The third-order valence-corrected chi connectivity index (χ3v) is 6.50. The Kier molecular flexibility index (Phi) is 5.57. The van der Waals surface area contributed by atoms with Crippen LogP contribution < -0.4 is 10.0 Å². The Hall–Kier alpha value is -3.14. The molecule has 3 aromatic carbocycles. The highest BCUT2D eigenvalue weighted by atomic mass is 32.2. The van der Waals surface area contributed by atoms with Gasteiger partial charge < -0.3 is 10.2 Å². The van der Waals surface area contributed by atoms with Gasteiger partial charge in [-0.2, -0.15) is 0 Å². The van der Waals surface area contributed by atoms with Gasteiger partial charge in [0.05, 0.1) is 27.0 Å². The van der Waals surface area contributed by atoms with E-state index >= 15 is 0 Å². The van der Waals surface area contributed by atoms with Crippen LogP contribution in [-0.2, 0) is 10.0 Å². The molecule has 0 saturated carbocycles. The number of nitrogens with zero attached hydrogens (tertiary/aromatic N) is 3. The molecule has 2 N–H and O–H groups in total. The fourth-order valence-electron chi connectivity index (χ4n) is 3.42. The molecule has 9 heteroatoms. The van der Waals surface area contributed by atoms with Crippen molar-refractivity contribution in [3.63, 3.8) is 0 Å². The van der Waals surface area contributed by atoms with Crippen LogP contribution in [0.1, 0.15) is 10.4 Å². The van der Waals surface area contributed by atoms with E-state index in [0.29, 0.717) is 34.2 Å². The Morgan fingerprint density at radius 1 is 1.00 bits per heavy atom. The van der Waals surface area contributed by atoms with E-state index in [1.165, 1.54) is 7.05 Å². The predicted octanol–water partition coefficient (Wildman–Crippen LogP) is 2.14. The van der Waals surface area contributed by atoms with Gasteiger partial charge in [0.15, 0.2) is 0 Å². The molecule has 4 aromatic rings. The molecule has 31 heavy (non-hydrogen) atoms. The highest BCUT2D eigenvalue weighted by Gasteiger charge is 2.16. The zero-order valence-electron chi connectivity index (χ0n) is 17.5. The SMILES string of the molecule is CNS(=O)(=O)c1ccc2c(ccc3nc4cccc(C(=O)NCCN(C)C)c4nc32)c1. The number of carbonyl (C=O) groups is 1. The zero-order chi connectivity index (χ0) is 22.2. The Morgan fingerprint density at radius 2 is 1.77 bits per heavy atom. The number of amides is 1. The maximum atomic E-state index is 12.8. The van der Waals surface area contributed by atoms with Crippen LogP contribution in [0, 0.1) is 0 Å². The fourth-order valence-corrected chi connectivity index (χ4v) is 4.19. The third-order valence-electron chi connectivity index (χ3n) is 5.09. The van der Waals surface area contributed by atoms with Gasteiger partial charge in [-0.15, -0.1) is 0 Å². The van der Waals surface area contributed by atoms with Crippen LogP contribution in [0.3, 0.4) is 0 Å². The van der Waals surface area contributed by atoms with E-state index < -0.39 is 10.0 Å². The molecule has 0 radical (unpaired) electrons. The smallest absolute Gasteiger partial charge is 0.253 e. The van der Waals surface area contributed by atoms with E-state index in [4.69, 9.17) is 4.98 Å². The van der Waals surface area contributed by atoms with Crippen LogP contribution in [0.25, 0.3) is 32.8 Å². The molecule has 0 spiro atoms. The molecular formula is C22H23N5O3S. The minimum Gasteiger partial charge on any atom is -0.351 e. The molecule has 1 amide bonds. The predicted molar refractivity (Wildman–Crippen MR) is 122 cm³/mol. The number of hydrogen-bond acceptors (Lipinski definition) is 6. The molecule has 8 nitrogen and oxygen atoms in total. The number of nitrogens with one attached hydrogen (secondary N) is 2. The largest absolute Gasteiger partial charge is 0.351 e. The number of benzene rings is 3. The minimum atomic E-state index is -3.55. The van der Waals surface area contributed by atoms with E-state index in [1.807, 2.05) is 37.2 Å². The van der Waals surface area contributed by atoms with Crippen molar-refractivity contribution in [2.24, 2.45) is 0 Å². The topological polar surface area (TPSA) is 104 Å². The van der Waals surface area contributed by atoms with Crippen molar-refractivity contribution in [1.29, 1.82) is 0 Å². The van der Waals surface area contributed by atoms with Crippen LogP contribution in [0.2, 0.25) is 0 Å². The zero-order valence-corrected chi connectivity index (χ0v) is 18.3. The van der Waals surface area contributed by atoms with Gasteiger partial charge in [-0.1, -0.05) is 18.2 Å². The maximum absolute atomic E-state index is 12.8. The summed E-state index contributed by atoms with van der Waals surface area (Å²) in [5, 5.41) is 4.41. The summed E-state index contributed by atoms with van der Waals surface area (Å²) in [7, 11) is 1.71. The second-order valence-corrected chi connectivity index (χ2v) is 9.37. The summed E-state index contributed by atoms with van der Waals surface area (Å²) >= 11 is 0. The molecule has 4 rings (SSSR count). The maximum Gasteiger partial charge on any atom is 0.253 e. The Morgan fingerprint density at radius 3 is 2.52 bits per heavy atom. The molecule has 0 unspecified atom stereocenters. The highest BCUT2D eigenvalue weighted by Crippen LogP contribution is 2.28. The van der Waals surface area contributed by atoms with E-state index in [9.17, 15) is 13.2 Å². The van der Waals surface area contributed by atoms with Crippen molar-refractivity contribution in [2.45, 2.75) is 4.90 Å². The quantitative estimate of drug-likeness (QED) is 0.354. The highest BCUT2D eigenvalue weighted by molar-refractivity contribution is 7.89. The van der Waals surface area contributed by atoms with E-state index in [-0.39, 0.29) is 10.8 Å². The lowest BCUT2D eigenvalue weighted by Gasteiger charge is -2.12. The van der Waals surface area contributed by atoms with Crippen LogP contribution >= 0.6 is 0 Å². The van der Waals surface area contributed by atoms with Gasteiger partial charge >= 0.3 is 0 Å². The summed E-state index contributed by atoms with van der Waals surface area (Å²) in [4.78, 5) is 24.4. The van der Waals surface area contributed by atoms with Crippen molar-refractivity contribution >= 4 is 48.8 Å². The molecule has 0 atom stereocenters. The normalized spacial score (nSPS) is 12.1. The first kappa shape index (κ1) is 21.1. The van der Waals surface area contributed by atoms with Crippen LogP contribution in [0.15, 0.2) is 53.4 Å². The lowest BCUT2D eigenvalue weighted by atomic mass is 10.1. The van der Waals surface area contributed by atoms with Gasteiger partial charge in [-0.25, -0.2) is 23.1 Å². The molecule has 0 aliphatic heterocycles. The molecule has 0 aliphatic carbocycles.